The van der Waals surface area contributed by atoms with Crippen LogP contribution in [0.25, 0.3) is 0 Å². The molecule has 4 aromatic rings. The lowest BCUT2D eigenvalue weighted by Gasteiger charge is -2.47. The van der Waals surface area contributed by atoms with E-state index in [-0.39, 0.29) is 26.4 Å². The third-order valence-corrected chi connectivity index (χ3v) is 7.14. The zero-order valence-electron chi connectivity index (χ0n) is 22.4. The van der Waals surface area contributed by atoms with E-state index in [1.165, 1.54) is 0 Å². The average Bonchev–Trinajstić information content (AvgIpc) is 3.01. The highest BCUT2D eigenvalue weighted by Gasteiger charge is 2.52. The Labute approximate surface area is 235 Å². The molecule has 1 aliphatic rings. The number of aliphatic hydroxyl groups excluding tert-OH is 2. The van der Waals surface area contributed by atoms with E-state index < -0.39 is 36.6 Å². The third kappa shape index (κ3) is 7.43. The molecule has 0 bridgehead atoms. The van der Waals surface area contributed by atoms with Crippen LogP contribution < -0.4 is 0 Å². The first-order chi connectivity index (χ1) is 19.7. The van der Waals surface area contributed by atoms with Gasteiger partial charge in [0.1, 0.15) is 36.6 Å². The molecule has 5 rings (SSSR count). The second kappa shape index (κ2) is 14.3. The van der Waals surface area contributed by atoms with Crippen LogP contribution in [0.5, 0.6) is 0 Å². The molecule has 40 heavy (non-hydrogen) atoms. The molecule has 0 amide bonds. The zero-order valence-corrected chi connectivity index (χ0v) is 22.4. The molecular weight excluding hydrogens is 504 g/mol. The van der Waals surface area contributed by atoms with Crippen molar-refractivity contribution in [2.75, 3.05) is 0 Å². The highest BCUT2D eigenvalue weighted by molar-refractivity contribution is 5.17. The summed E-state index contributed by atoms with van der Waals surface area (Å²) in [5.41, 5.74) is 3.84. The largest absolute Gasteiger partial charge is 0.387 e. The van der Waals surface area contributed by atoms with Gasteiger partial charge in [0.15, 0.2) is 0 Å². The fourth-order valence-electron chi connectivity index (χ4n) is 4.99. The minimum Gasteiger partial charge on any atom is -0.387 e. The van der Waals surface area contributed by atoms with Gasteiger partial charge in [-0.2, -0.15) is 0 Å². The second-order valence-corrected chi connectivity index (χ2v) is 10.0. The van der Waals surface area contributed by atoms with Gasteiger partial charge in [0.2, 0.25) is 0 Å². The molecule has 0 spiro atoms. The maximum absolute atomic E-state index is 11.6. The smallest absolute Gasteiger partial charge is 0.116 e. The second-order valence-electron chi connectivity index (χ2n) is 10.0. The van der Waals surface area contributed by atoms with Crippen molar-refractivity contribution >= 4 is 0 Å². The molecule has 2 N–H and O–H groups in total. The number of rotatable bonds is 12. The van der Waals surface area contributed by atoms with Crippen molar-refractivity contribution < 1.29 is 29.2 Å². The average molecular weight is 541 g/mol. The van der Waals surface area contributed by atoms with E-state index in [1.807, 2.05) is 121 Å². The van der Waals surface area contributed by atoms with Crippen molar-refractivity contribution in [2.45, 2.75) is 63.1 Å². The van der Waals surface area contributed by atoms with E-state index in [2.05, 4.69) is 0 Å². The molecule has 0 saturated heterocycles. The van der Waals surface area contributed by atoms with Crippen LogP contribution in [0.1, 0.15) is 22.3 Å². The molecule has 1 saturated carbocycles. The topological polar surface area (TPSA) is 77.4 Å². The van der Waals surface area contributed by atoms with E-state index in [9.17, 15) is 10.2 Å². The predicted molar refractivity (Wildman–Crippen MR) is 152 cm³/mol. The predicted octanol–water partition coefficient (Wildman–Crippen LogP) is 5.06. The minimum absolute atomic E-state index is 0.228. The van der Waals surface area contributed by atoms with Crippen LogP contribution in [0.15, 0.2) is 121 Å². The van der Waals surface area contributed by atoms with Gasteiger partial charge in [-0.3, -0.25) is 0 Å². The van der Waals surface area contributed by atoms with Crippen molar-refractivity contribution in [3.63, 3.8) is 0 Å². The van der Waals surface area contributed by atoms with Crippen LogP contribution >= 0.6 is 0 Å². The molecule has 1 fully saturated rings. The molecule has 6 nitrogen and oxygen atoms in total. The molecule has 208 valence electrons. The summed E-state index contributed by atoms with van der Waals surface area (Å²) in [5.74, 6) is 0. The SMILES string of the molecule is O[C@@H]1C(OCc2ccccc2)[C@@H](O)[C@@H](OCc2ccccc2)C(OCc2ccccc2)[C@H]1OCc1ccccc1. The van der Waals surface area contributed by atoms with Crippen molar-refractivity contribution in [2.24, 2.45) is 0 Å². The first-order valence-corrected chi connectivity index (χ1v) is 13.7. The molecule has 4 aromatic carbocycles. The highest BCUT2D eigenvalue weighted by atomic mass is 16.6. The van der Waals surface area contributed by atoms with Crippen molar-refractivity contribution in [1.29, 1.82) is 0 Å². The summed E-state index contributed by atoms with van der Waals surface area (Å²) in [5, 5.41) is 23.2. The van der Waals surface area contributed by atoms with Crippen LogP contribution in [-0.4, -0.2) is 46.8 Å². The molecule has 6 heteroatoms. The fraction of sp³-hybridized carbons (Fsp3) is 0.294. The standard InChI is InChI=1S/C34H36O6/c35-29-31(37-21-25-13-5-1-6-14-25)30(36)33(39-23-27-17-9-3-10-18-27)34(40-24-28-19-11-4-12-20-28)32(29)38-22-26-15-7-2-8-16-26/h1-20,29-36H,21-24H2/t29-,30-,31?,32-,33+,34?/m1/s1. The number of benzene rings is 4. The van der Waals surface area contributed by atoms with E-state index in [1.54, 1.807) is 0 Å². The zero-order chi connectivity index (χ0) is 27.6. The molecule has 2 unspecified atom stereocenters. The summed E-state index contributed by atoms with van der Waals surface area (Å²) in [6, 6.07) is 39.0. The van der Waals surface area contributed by atoms with Gasteiger partial charge in [0.25, 0.3) is 0 Å². The molecule has 0 heterocycles. The normalized spacial score (nSPS) is 24.6. The summed E-state index contributed by atoms with van der Waals surface area (Å²) in [7, 11) is 0. The molecule has 0 aliphatic heterocycles. The Balaban J connectivity index is 1.41. The van der Waals surface area contributed by atoms with Gasteiger partial charge in [0.05, 0.1) is 26.4 Å². The number of hydrogen-bond acceptors (Lipinski definition) is 6. The van der Waals surface area contributed by atoms with Gasteiger partial charge in [-0.25, -0.2) is 0 Å². The van der Waals surface area contributed by atoms with Crippen molar-refractivity contribution in [3.05, 3.63) is 144 Å². The van der Waals surface area contributed by atoms with Crippen LogP contribution in [0.4, 0.5) is 0 Å². The third-order valence-electron chi connectivity index (χ3n) is 7.14. The van der Waals surface area contributed by atoms with Crippen LogP contribution in [-0.2, 0) is 45.4 Å². The van der Waals surface area contributed by atoms with Crippen LogP contribution in [0.2, 0.25) is 0 Å². The lowest BCUT2D eigenvalue weighted by atomic mass is 9.84. The Hall–Kier alpha value is -3.36. The molecule has 0 radical (unpaired) electrons. The minimum atomic E-state index is -1.15. The first kappa shape index (κ1) is 28.2. The van der Waals surface area contributed by atoms with Crippen molar-refractivity contribution in [3.8, 4) is 0 Å². The fourth-order valence-corrected chi connectivity index (χ4v) is 4.99. The molecule has 6 atom stereocenters. The molecule has 1 aliphatic carbocycles. The van der Waals surface area contributed by atoms with E-state index in [0.29, 0.717) is 0 Å². The summed E-state index contributed by atoms with van der Waals surface area (Å²) >= 11 is 0. The van der Waals surface area contributed by atoms with E-state index in [0.717, 1.165) is 22.3 Å². The Morgan fingerprint density at radius 3 is 0.900 bits per heavy atom. The van der Waals surface area contributed by atoms with Crippen LogP contribution in [0.3, 0.4) is 0 Å². The van der Waals surface area contributed by atoms with Crippen LogP contribution in [0, 0.1) is 0 Å². The van der Waals surface area contributed by atoms with E-state index in [4.69, 9.17) is 18.9 Å². The number of aliphatic hydroxyl groups is 2. The lowest BCUT2D eigenvalue weighted by molar-refractivity contribution is -0.273. The number of hydrogen-bond donors (Lipinski definition) is 2. The Morgan fingerprint density at radius 2 is 0.600 bits per heavy atom. The van der Waals surface area contributed by atoms with Gasteiger partial charge in [-0.15, -0.1) is 0 Å². The quantitative estimate of drug-likeness (QED) is 0.262. The van der Waals surface area contributed by atoms with Gasteiger partial charge < -0.3 is 29.2 Å². The van der Waals surface area contributed by atoms with Gasteiger partial charge in [-0.05, 0) is 22.3 Å². The van der Waals surface area contributed by atoms with Gasteiger partial charge in [-0.1, -0.05) is 121 Å². The maximum atomic E-state index is 11.6. The molecular formula is C34H36O6. The van der Waals surface area contributed by atoms with Crippen molar-refractivity contribution in [1.82, 2.24) is 0 Å². The highest BCUT2D eigenvalue weighted by Crippen LogP contribution is 2.32. The summed E-state index contributed by atoms with van der Waals surface area (Å²) in [4.78, 5) is 0. The summed E-state index contributed by atoms with van der Waals surface area (Å²) < 4.78 is 25.2. The number of ether oxygens (including phenoxy) is 4. The van der Waals surface area contributed by atoms with E-state index >= 15 is 0 Å². The van der Waals surface area contributed by atoms with Gasteiger partial charge in [0, 0.05) is 0 Å². The monoisotopic (exact) mass is 540 g/mol. The Bertz CT molecular complexity index is 1200. The lowest BCUT2D eigenvalue weighted by Crippen LogP contribution is -2.66. The summed E-state index contributed by atoms with van der Waals surface area (Å²) in [6.07, 6.45) is -5.63. The molecule has 0 aromatic heterocycles. The van der Waals surface area contributed by atoms with Gasteiger partial charge >= 0.3 is 0 Å². The Morgan fingerprint density at radius 1 is 0.350 bits per heavy atom. The maximum Gasteiger partial charge on any atom is 0.116 e. The Kier molecular flexibility index (Phi) is 10.1. The summed E-state index contributed by atoms with van der Waals surface area (Å²) in [6.45, 7) is 1.03. The first-order valence-electron chi connectivity index (χ1n) is 13.7.